The van der Waals surface area contributed by atoms with Crippen LogP contribution in [0.15, 0.2) is 60.0 Å². The average Bonchev–Trinajstić information content (AvgIpc) is 3.34. The van der Waals surface area contributed by atoms with Crippen LogP contribution in [0.3, 0.4) is 0 Å². The van der Waals surface area contributed by atoms with Crippen LogP contribution in [0, 0.1) is 6.92 Å². The molecule has 2 unspecified atom stereocenters. The van der Waals surface area contributed by atoms with Gasteiger partial charge >= 0.3 is 0 Å². The molecule has 0 bridgehead atoms. The van der Waals surface area contributed by atoms with Crippen LogP contribution in [-0.4, -0.2) is 46.0 Å². The fraction of sp³-hybridized carbons (Fsp3) is 0.375. The third-order valence-electron chi connectivity index (χ3n) is 6.23. The lowest BCUT2D eigenvalue weighted by molar-refractivity contribution is 0.0939. The molecule has 1 saturated heterocycles. The van der Waals surface area contributed by atoms with Crippen molar-refractivity contribution in [3.8, 4) is 5.69 Å². The summed E-state index contributed by atoms with van der Waals surface area (Å²) >= 11 is 0. The van der Waals surface area contributed by atoms with Gasteiger partial charge in [-0.3, -0.25) is 4.79 Å². The molecular weight excluding hydrogens is 438 g/mol. The maximum absolute atomic E-state index is 13.2. The first kappa shape index (κ1) is 23.1. The Labute approximate surface area is 194 Å². The van der Waals surface area contributed by atoms with Crippen LogP contribution in [0.1, 0.15) is 60.6 Å². The quantitative estimate of drug-likeness (QED) is 0.597. The fourth-order valence-corrected chi connectivity index (χ4v) is 5.91. The van der Waals surface area contributed by atoms with E-state index in [1.807, 2.05) is 45.0 Å². The number of piperidine rings is 1. The number of nitrogens with zero attached hydrogens (tertiary/aromatic N) is 4. The maximum Gasteiger partial charge on any atom is 0.252 e. The standard InChI is InChI=1S/C24H29N5O3S/c1-17-7-12-22(33(31,32)29-13-5-4-6-18(29)2)14-23(17)24(30)27-19(3)20-8-10-21(11-9-20)28-16-25-15-26-28/h7-12,14-16,18-19H,4-6,13H2,1-3H3,(H,27,30). The van der Waals surface area contributed by atoms with Crippen molar-refractivity contribution >= 4 is 15.9 Å². The number of rotatable bonds is 6. The van der Waals surface area contributed by atoms with Crippen molar-refractivity contribution in [3.05, 3.63) is 71.8 Å². The summed E-state index contributed by atoms with van der Waals surface area (Å²) in [5.41, 5.74) is 2.89. The number of hydrogen-bond donors (Lipinski definition) is 1. The van der Waals surface area contributed by atoms with Gasteiger partial charge in [-0.15, -0.1) is 0 Å². The molecule has 2 heterocycles. The van der Waals surface area contributed by atoms with Crippen molar-refractivity contribution in [1.82, 2.24) is 24.4 Å². The Morgan fingerprint density at radius 3 is 2.58 bits per heavy atom. The molecule has 1 aliphatic heterocycles. The van der Waals surface area contributed by atoms with Crippen molar-refractivity contribution < 1.29 is 13.2 Å². The molecule has 1 N–H and O–H groups in total. The monoisotopic (exact) mass is 467 g/mol. The first-order valence-corrected chi connectivity index (χ1v) is 12.6. The average molecular weight is 468 g/mol. The minimum atomic E-state index is -3.65. The van der Waals surface area contributed by atoms with Gasteiger partial charge in [0.1, 0.15) is 12.7 Å². The van der Waals surface area contributed by atoms with Crippen LogP contribution in [0.4, 0.5) is 0 Å². The van der Waals surface area contributed by atoms with Crippen LogP contribution in [-0.2, 0) is 10.0 Å². The fourth-order valence-electron chi connectivity index (χ4n) is 4.19. The zero-order valence-corrected chi connectivity index (χ0v) is 19.9. The second kappa shape index (κ2) is 9.44. The highest BCUT2D eigenvalue weighted by Crippen LogP contribution is 2.27. The van der Waals surface area contributed by atoms with E-state index in [0.717, 1.165) is 36.1 Å². The van der Waals surface area contributed by atoms with E-state index in [4.69, 9.17) is 0 Å². The molecule has 2 atom stereocenters. The molecule has 1 amide bonds. The molecular formula is C24H29N5O3S. The van der Waals surface area contributed by atoms with Crippen LogP contribution in [0.25, 0.3) is 5.69 Å². The van der Waals surface area contributed by atoms with Crippen LogP contribution in [0.5, 0.6) is 0 Å². The van der Waals surface area contributed by atoms with E-state index < -0.39 is 10.0 Å². The molecule has 174 valence electrons. The summed E-state index contributed by atoms with van der Waals surface area (Å²) in [6.45, 7) is 6.16. The van der Waals surface area contributed by atoms with E-state index in [0.29, 0.717) is 12.1 Å². The zero-order valence-electron chi connectivity index (χ0n) is 19.1. The highest BCUT2D eigenvalue weighted by Gasteiger charge is 2.31. The SMILES string of the molecule is Cc1ccc(S(=O)(=O)N2CCCCC2C)cc1C(=O)NC(C)c1ccc(-n2cncn2)cc1. The third-order valence-corrected chi connectivity index (χ3v) is 8.24. The van der Waals surface area contributed by atoms with Crippen LogP contribution < -0.4 is 5.32 Å². The van der Waals surface area contributed by atoms with Gasteiger partial charge in [0.05, 0.1) is 16.6 Å². The predicted octanol–water partition coefficient (Wildman–Crippen LogP) is 3.63. The van der Waals surface area contributed by atoms with E-state index in [2.05, 4.69) is 15.4 Å². The van der Waals surface area contributed by atoms with Gasteiger partial charge in [-0.2, -0.15) is 9.40 Å². The molecule has 33 heavy (non-hydrogen) atoms. The number of aryl methyl sites for hydroxylation is 1. The summed E-state index contributed by atoms with van der Waals surface area (Å²) in [7, 11) is -3.65. The molecule has 8 nitrogen and oxygen atoms in total. The number of carbonyl (C=O) groups is 1. The Balaban J connectivity index is 1.52. The van der Waals surface area contributed by atoms with E-state index in [1.54, 1.807) is 27.4 Å². The lowest BCUT2D eigenvalue weighted by Crippen LogP contribution is -2.42. The second-order valence-corrected chi connectivity index (χ2v) is 10.5. The van der Waals surface area contributed by atoms with Crippen LogP contribution in [0.2, 0.25) is 0 Å². The van der Waals surface area contributed by atoms with Crippen molar-refractivity contribution in [2.24, 2.45) is 0 Å². The molecule has 9 heteroatoms. The number of carbonyl (C=O) groups excluding carboxylic acids is 1. The molecule has 3 aromatic rings. The molecule has 0 spiro atoms. The second-order valence-electron chi connectivity index (χ2n) is 8.56. The lowest BCUT2D eigenvalue weighted by atomic mass is 10.1. The van der Waals surface area contributed by atoms with Gasteiger partial charge in [0.15, 0.2) is 0 Å². The smallest absolute Gasteiger partial charge is 0.252 e. The van der Waals surface area contributed by atoms with Gasteiger partial charge in [0, 0.05) is 18.2 Å². The van der Waals surface area contributed by atoms with Crippen molar-refractivity contribution in [2.45, 2.75) is 57.0 Å². The Morgan fingerprint density at radius 1 is 1.15 bits per heavy atom. The van der Waals surface area contributed by atoms with Gasteiger partial charge in [-0.1, -0.05) is 24.6 Å². The summed E-state index contributed by atoms with van der Waals surface area (Å²) in [6.07, 6.45) is 5.84. The minimum Gasteiger partial charge on any atom is -0.346 e. The van der Waals surface area contributed by atoms with Crippen molar-refractivity contribution in [1.29, 1.82) is 0 Å². The van der Waals surface area contributed by atoms with E-state index in [-0.39, 0.29) is 22.9 Å². The van der Waals surface area contributed by atoms with Gasteiger partial charge in [0.2, 0.25) is 10.0 Å². The van der Waals surface area contributed by atoms with Crippen molar-refractivity contribution in [2.75, 3.05) is 6.54 Å². The normalized spacial score (nSPS) is 18.1. The summed E-state index contributed by atoms with van der Waals surface area (Å²) < 4.78 is 29.7. The zero-order chi connectivity index (χ0) is 23.6. The molecule has 1 aromatic heterocycles. The first-order valence-electron chi connectivity index (χ1n) is 11.2. The molecule has 1 fully saturated rings. The van der Waals surface area contributed by atoms with E-state index in [1.165, 1.54) is 12.4 Å². The number of nitrogens with one attached hydrogen (secondary N) is 1. The summed E-state index contributed by atoms with van der Waals surface area (Å²) in [6, 6.07) is 12.2. The highest BCUT2D eigenvalue weighted by molar-refractivity contribution is 7.89. The largest absolute Gasteiger partial charge is 0.346 e. The first-order chi connectivity index (χ1) is 15.8. The predicted molar refractivity (Wildman–Crippen MR) is 126 cm³/mol. The van der Waals surface area contributed by atoms with Gasteiger partial charge in [0.25, 0.3) is 5.91 Å². The number of amides is 1. The minimum absolute atomic E-state index is 0.0390. The number of aromatic nitrogens is 3. The molecule has 2 aromatic carbocycles. The highest BCUT2D eigenvalue weighted by atomic mass is 32.2. The van der Waals surface area contributed by atoms with E-state index in [9.17, 15) is 13.2 Å². The number of sulfonamides is 1. The lowest BCUT2D eigenvalue weighted by Gasteiger charge is -2.32. The van der Waals surface area contributed by atoms with Gasteiger partial charge in [-0.25, -0.2) is 18.1 Å². The Hall–Kier alpha value is -3.04. The summed E-state index contributed by atoms with van der Waals surface area (Å²) in [5.74, 6) is -0.302. The van der Waals surface area contributed by atoms with Crippen LogP contribution >= 0.6 is 0 Å². The molecule has 0 radical (unpaired) electrons. The molecule has 4 rings (SSSR count). The third kappa shape index (κ3) is 4.84. The Kier molecular flexibility index (Phi) is 6.62. The maximum atomic E-state index is 13.2. The number of benzene rings is 2. The summed E-state index contributed by atoms with van der Waals surface area (Å²) in [5, 5.41) is 7.10. The number of hydrogen-bond acceptors (Lipinski definition) is 5. The molecule has 0 aliphatic carbocycles. The molecule has 1 aliphatic rings. The van der Waals surface area contributed by atoms with Gasteiger partial charge in [-0.05, 0) is 69.0 Å². The Bertz CT molecular complexity index is 1220. The topological polar surface area (TPSA) is 97.2 Å². The van der Waals surface area contributed by atoms with Gasteiger partial charge < -0.3 is 5.32 Å². The van der Waals surface area contributed by atoms with E-state index >= 15 is 0 Å². The van der Waals surface area contributed by atoms with Crippen molar-refractivity contribution in [3.63, 3.8) is 0 Å². The Morgan fingerprint density at radius 2 is 1.91 bits per heavy atom. The summed E-state index contributed by atoms with van der Waals surface area (Å²) in [4.78, 5) is 17.2. The molecule has 0 saturated carbocycles.